The van der Waals surface area contributed by atoms with Crippen LogP contribution >= 0.6 is 0 Å². The number of H-pyrrole nitrogens is 1. The summed E-state index contributed by atoms with van der Waals surface area (Å²) in [5, 5.41) is 0.537. The van der Waals surface area contributed by atoms with Crippen LogP contribution in [0.5, 0.6) is 0 Å². The number of hydrogen-bond acceptors (Lipinski definition) is 5. The summed E-state index contributed by atoms with van der Waals surface area (Å²) in [6.45, 7) is 3.70. The average Bonchev–Trinajstić information content (AvgIpc) is 2.39. The summed E-state index contributed by atoms with van der Waals surface area (Å²) in [5.41, 5.74) is 0.386. The van der Waals surface area contributed by atoms with Crippen molar-refractivity contribution in [3.8, 4) is 0 Å². The molecule has 0 radical (unpaired) electrons. The van der Waals surface area contributed by atoms with Crippen LogP contribution in [0.25, 0.3) is 11.0 Å². The molecule has 3 heterocycles. The number of anilines is 1. The zero-order valence-electron chi connectivity index (χ0n) is 10.3. The lowest BCUT2D eigenvalue weighted by Gasteiger charge is -2.32. The van der Waals surface area contributed by atoms with Crippen molar-refractivity contribution in [1.29, 1.82) is 0 Å². The van der Waals surface area contributed by atoms with Crippen LogP contribution in [-0.2, 0) is 0 Å². The predicted octanol–water partition coefficient (Wildman–Crippen LogP) is 0.0699. The van der Waals surface area contributed by atoms with Gasteiger partial charge in [-0.25, -0.2) is 4.98 Å². The zero-order valence-corrected chi connectivity index (χ0v) is 10.3. The summed E-state index contributed by atoms with van der Waals surface area (Å²) in [6.07, 6.45) is 1.66. The van der Waals surface area contributed by atoms with Crippen LogP contribution in [0.15, 0.2) is 23.1 Å². The topological polar surface area (TPSA) is 65.1 Å². The second kappa shape index (κ2) is 4.38. The smallest absolute Gasteiger partial charge is 0.261 e. The van der Waals surface area contributed by atoms with Gasteiger partial charge in [0.15, 0.2) is 5.65 Å². The van der Waals surface area contributed by atoms with E-state index in [1.54, 1.807) is 18.3 Å². The van der Waals surface area contributed by atoms with E-state index >= 15 is 0 Å². The van der Waals surface area contributed by atoms with E-state index in [1.807, 2.05) is 0 Å². The van der Waals surface area contributed by atoms with Gasteiger partial charge in [0.05, 0.1) is 5.39 Å². The van der Waals surface area contributed by atoms with E-state index in [0.717, 1.165) is 26.2 Å². The molecule has 18 heavy (non-hydrogen) atoms. The Kier molecular flexibility index (Phi) is 2.71. The Morgan fingerprint density at radius 3 is 2.83 bits per heavy atom. The molecule has 0 bridgehead atoms. The highest BCUT2D eigenvalue weighted by atomic mass is 16.1. The third kappa shape index (κ3) is 1.95. The molecule has 0 aliphatic carbocycles. The summed E-state index contributed by atoms with van der Waals surface area (Å²) in [5.74, 6) is 0.624. The monoisotopic (exact) mass is 245 g/mol. The minimum absolute atomic E-state index is 0.123. The lowest BCUT2D eigenvalue weighted by molar-refractivity contribution is 0.311. The Labute approximate surface area is 104 Å². The van der Waals surface area contributed by atoms with Crippen molar-refractivity contribution in [2.24, 2.45) is 0 Å². The Hall–Kier alpha value is -1.95. The van der Waals surface area contributed by atoms with Crippen molar-refractivity contribution in [3.05, 3.63) is 28.7 Å². The van der Waals surface area contributed by atoms with Crippen LogP contribution in [0, 0.1) is 0 Å². The minimum atomic E-state index is -0.123. The summed E-state index contributed by atoms with van der Waals surface area (Å²) in [7, 11) is 2.09. The number of fused-ring (bicyclic) bond motifs is 1. The molecule has 0 saturated carbocycles. The molecule has 0 unspecified atom stereocenters. The van der Waals surface area contributed by atoms with Gasteiger partial charge in [-0.05, 0) is 19.2 Å². The van der Waals surface area contributed by atoms with Gasteiger partial charge in [0.1, 0.15) is 0 Å². The highest BCUT2D eigenvalue weighted by Gasteiger charge is 2.17. The molecule has 1 saturated heterocycles. The standard InChI is InChI=1S/C12H15N5O/c1-16-5-7-17(8-6-16)12-14-10-9(11(18)15-12)3-2-4-13-10/h2-4H,5-8H2,1H3,(H,13,14,15,18). The predicted molar refractivity (Wildman–Crippen MR) is 69.9 cm³/mol. The average molecular weight is 245 g/mol. The van der Waals surface area contributed by atoms with Crippen molar-refractivity contribution < 1.29 is 0 Å². The first-order chi connectivity index (χ1) is 8.74. The zero-order chi connectivity index (χ0) is 12.5. The van der Waals surface area contributed by atoms with Gasteiger partial charge in [-0.2, -0.15) is 4.98 Å². The molecule has 0 atom stereocenters. The summed E-state index contributed by atoms with van der Waals surface area (Å²) < 4.78 is 0. The maximum absolute atomic E-state index is 11.9. The number of pyridine rings is 1. The van der Waals surface area contributed by atoms with E-state index in [-0.39, 0.29) is 5.56 Å². The Morgan fingerprint density at radius 2 is 2.06 bits per heavy atom. The number of aromatic nitrogens is 3. The number of aromatic amines is 1. The molecule has 1 aliphatic rings. The van der Waals surface area contributed by atoms with E-state index in [9.17, 15) is 4.79 Å². The summed E-state index contributed by atoms with van der Waals surface area (Å²) in [6, 6.07) is 3.48. The van der Waals surface area contributed by atoms with Crippen LogP contribution in [0.2, 0.25) is 0 Å². The number of rotatable bonds is 1. The van der Waals surface area contributed by atoms with Crippen LogP contribution in [-0.4, -0.2) is 53.1 Å². The van der Waals surface area contributed by atoms with Crippen LogP contribution in [0.3, 0.4) is 0 Å². The fourth-order valence-corrected chi connectivity index (χ4v) is 2.13. The molecule has 1 N–H and O–H groups in total. The van der Waals surface area contributed by atoms with Gasteiger partial charge in [0, 0.05) is 32.4 Å². The number of piperazine rings is 1. The summed E-state index contributed by atoms with van der Waals surface area (Å²) >= 11 is 0. The van der Waals surface area contributed by atoms with Crippen molar-refractivity contribution in [2.45, 2.75) is 0 Å². The number of hydrogen-bond donors (Lipinski definition) is 1. The number of nitrogens with one attached hydrogen (secondary N) is 1. The first kappa shape index (κ1) is 11.2. The van der Waals surface area contributed by atoms with Crippen LogP contribution in [0.1, 0.15) is 0 Å². The Bertz CT molecular complexity index is 615. The van der Waals surface area contributed by atoms with E-state index < -0.39 is 0 Å². The number of nitrogens with zero attached hydrogens (tertiary/aromatic N) is 4. The molecule has 6 nitrogen and oxygen atoms in total. The normalized spacial score (nSPS) is 17.3. The SMILES string of the molecule is CN1CCN(c2nc3ncccc3c(=O)[nH]2)CC1. The molecule has 2 aromatic heterocycles. The molecular formula is C12H15N5O. The maximum Gasteiger partial charge on any atom is 0.261 e. The van der Waals surface area contributed by atoms with Gasteiger partial charge >= 0.3 is 0 Å². The molecule has 94 valence electrons. The van der Waals surface area contributed by atoms with Gasteiger partial charge in [0.25, 0.3) is 5.56 Å². The lowest BCUT2D eigenvalue weighted by Crippen LogP contribution is -2.45. The molecule has 0 amide bonds. The fourth-order valence-electron chi connectivity index (χ4n) is 2.13. The lowest BCUT2D eigenvalue weighted by atomic mass is 10.3. The van der Waals surface area contributed by atoms with E-state index in [4.69, 9.17) is 0 Å². The summed E-state index contributed by atoms with van der Waals surface area (Å²) in [4.78, 5) is 27.7. The van der Waals surface area contributed by atoms with Crippen LogP contribution in [0.4, 0.5) is 5.95 Å². The Balaban J connectivity index is 2.00. The molecule has 6 heteroatoms. The minimum Gasteiger partial charge on any atom is -0.340 e. The van der Waals surface area contributed by atoms with E-state index in [1.165, 1.54) is 0 Å². The third-order valence-electron chi connectivity index (χ3n) is 3.27. The molecule has 1 fully saturated rings. The van der Waals surface area contributed by atoms with Crippen molar-refractivity contribution in [1.82, 2.24) is 19.9 Å². The number of likely N-dealkylation sites (N-methyl/N-ethyl adjacent to an activating group) is 1. The van der Waals surface area contributed by atoms with E-state index in [2.05, 4.69) is 31.8 Å². The molecule has 0 spiro atoms. The largest absolute Gasteiger partial charge is 0.340 e. The fraction of sp³-hybridized carbons (Fsp3) is 0.417. The first-order valence-electron chi connectivity index (χ1n) is 6.02. The van der Waals surface area contributed by atoms with Gasteiger partial charge in [-0.3, -0.25) is 9.78 Å². The first-order valence-corrected chi connectivity index (χ1v) is 6.02. The molecule has 2 aromatic rings. The quantitative estimate of drug-likeness (QED) is 0.770. The third-order valence-corrected chi connectivity index (χ3v) is 3.27. The van der Waals surface area contributed by atoms with Crippen LogP contribution < -0.4 is 10.5 Å². The molecule has 1 aliphatic heterocycles. The second-order valence-electron chi connectivity index (χ2n) is 4.55. The van der Waals surface area contributed by atoms with Gasteiger partial charge in [-0.1, -0.05) is 0 Å². The maximum atomic E-state index is 11.9. The molecule has 3 rings (SSSR count). The van der Waals surface area contributed by atoms with Gasteiger partial charge in [-0.15, -0.1) is 0 Å². The van der Waals surface area contributed by atoms with Crippen molar-refractivity contribution in [2.75, 3.05) is 38.1 Å². The highest BCUT2D eigenvalue weighted by molar-refractivity contribution is 5.74. The second-order valence-corrected chi connectivity index (χ2v) is 4.55. The van der Waals surface area contributed by atoms with E-state index in [0.29, 0.717) is 17.0 Å². The molecular weight excluding hydrogens is 230 g/mol. The van der Waals surface area contributed by atoms with Gasteiger partial charge < -0.3 is 9.80 Å². The van der Waals surface area contributed by atoms with Gasteiger partial charge in [0.2, 0.25) is 5.95 Å². The highest BCUT2D eigenvalue weighted by Crippen LogP contribution is 2.11. The molecule has 0 aromatic carbocycles. The van der Waals surface area contributed by atoms with Crippen molar-refractivity contribution >= 4 is 17.0 Å². The Morgan fingerprint density at radius 1 is 1.28 bits per heavy atom. The van der Waals surface area contributed by atoms with Crippen molar-refractivity contribution in [3.63, 3.8) is 0 Å².